The molecule has 1 N–H and O–H groups in total. The molecule has 14 heteroatoms. The van der Waals surface area contributed by atoms with E-state index < -0.39 is 36.9 Å². The summed E-state index contributed by atoms with van der Waals surface area (Å²) in [6.45, 7) is 6.58. The normalized spacial score (nSPS) is 17.8. The van der Waals surface area contributed by atoms with E-state index in [0.29, 0.717) is 50.6 Å². The van der Waals surface area contributed by atoms with Crippen LogP contribution in [-0.4, -0.2) is 76.7 Å². The number of carbonyl (C=O) groups excluding carboxylic acids is 2. The Morgan fingerprint density at radius 3 is 2.23 bits per heavy atom. The lowest BCUT2D eigenvalue weighted by atomic mass is 10.1. The van der Waals surface area contributed by atoms with Crippen LogP contribution in [0.5, 0.6) is 23.0 Å². The summed E-state index contributed by atoms with van der Waals surface area (Å²) >= 11 is 0. The number of amides is 2. The number of carbonyl (C=O) groups is 2. The van der Waals surface area contributed by atoms with Crippen molar-refractivity contribution >= 4 is 32.0 Å². The van der Waals surface area contributed by atoms with Crippen molar-refractivity contribution in [3.05, 3.63) is 71.3 Å². The van der Waals surface area contributed by atoms with E-state index in [9.17, 15) is 26.4 Å². The van der Waals surface area contributed by atoms with Gasteiger partial charge < -0.3 is 18.6 Å². The lowest BCUT2D eigenvalue weighted by Crippen LogP contribution is -2.46. The SMILES string of the molecule is CCCOc1ccc2c(c1Oc1cc(C)cc(OS(=O)(=O)c3ccccc3S(=O)(=O)N3CCC(N4CCCC4)CC3)c1)C(=O)NC2=O. The maximum atomic E-state index is 13.8. The Morgan fingerprint density at radius 2 is 1.53 bits per heavy atom. The van der Waals surface area contributed by atoms with Gasteiger partial charge in [-0.25, -0.2) is 8.42 Å². The molecule has 0 aliphatic carbocycles. The first-order valence-electron chi connectivity index (χ1n) is 15.7. The molecule has 3 aromatic carbocycles. The van der Waals surface area contributed by atoms with Crippen LogP contribution in [0.1, 0.15) is 65.3 Å². The third-order valence-electron chi connectivity index (χ3n) is 8.55. The van der Waals surface area contributed by atoms with Gasteiger partial charge in [0.25, 0.3) is 11.8 Å². The average Bonchev–Trinajstić information content (AvgIpc) is 3.68. The number of hydrogen-bond acceptors (Lipinski definition) is 10. The van der Waals surface area contributed by atoms with E-state index in [4.69, 9.17) is 13.7 Å². The van der Waals surface area contributed by atoms with Gasteiger partial charge >= 0.3 is 10.1 Å². The van der Waals surface area contributed by atoms with E-state index in [-0.39, 0.29) is 39.0 Å². The number of fused-ring (bicyclic) bond motifs is 1. The van der Waals surface area contributed by atoms with Crippen LogP contribution in [0, 0.1) is 6.92 Å². The van der Waals surface area contributed by atoms with Crippen molar-refractivity contribution in [1.82, 2.24) is 14.5 Å². The van der Waals surface area contributed by atoms with Gasteiger partial charge in [-0.1, -0.05) is 19.1 Å². The second kappa shape index (κ2) is 13.3. The minimum atomic E-state index is -4.64. The van der Waals surface area contributed by atoms with Gasteiger partial charge in [-0.05, 0) is 94.1 Å². The Morgan fingerprint density at radius 1 is 0.851 bits per heavy atom. The Kier molecular flexibility index (Phi) is 9.29. The number of piperidine rings is 1. The van der Waals surface area contributed by atoms with Gasteiger partial charge in [0, 0.05) is 25.2 Å². The zero-order valence-corrected chi connectivity index (χ0v) is 27.9. The number of rotatable bonds is 11. The molecule has 250 valence electrons. The molecule has 0 bridgehead atoms. The summed E-state index contributed by atoms with van der Waals surface area (Å²) < 4.78 is 73.8. The Hall–Kier alpha value is -3.98. The first-order chi connectivity index (χ1) is 22.5. The lowest BCUT2D eigenvalue weighted by Gasteiger charge is -2.36. The quantitative estimate of drug-likeness (QED) is 0.227. The molecule has 6 rings (SSSR count). The molecule has 2 amide bonds. The van der Waals surface area contributed by atoms with Gasteiger partial charge in [0.05, 0.1) is 17.7 Å². The largest absolute Gasteiger partial charge is 0.490 e. The van der Waals surface area contributed by atoms with Crippen LogP contribution in [-0.2, 0) is 20.1 Å². The van der Waals surface area contributed by atoms with Gasteiger partial charge in [0.2, 0.25) is 10.0 Å². The van der Waals surface area contributed by atoms with E-state index in [0.717, 1.165) is 25.9 Å². The minimum absolute atomic E-state index is 0.00338. The fraction of sp³-hybridized carbons (Fsp3) is 0.394. The molecule has 2 saturated heterocycles. The van der Waals surface area contributed by atoms with Crippen LogP contribution in [0.2, 0.25) is 0 Å². The molecule has 12 nitrogen and oxygen atoms in total. The fourth-order valence-corrected chi connectivity index (χ4v) is 9.48. The smallest absolute Gasteiger partial charge is 0.340 e. The maximum Gasteiger partial charge on any atom is 0.340 e. The first kappa shape index (κ1) is 32.9. The van der Waals surface area contributed by atoms with E-state index in [1.54, 1.807) is 13.0 Å². The highest BCUT2D eigenvalue weighted by Gasteiger charge is 2.37. The number of ether oxygens (including phenoxy) is 2. The van der Waals surface area contributed by atoms with Crippen LogP contribution in [0.25, 0.3) is 0 Å². The molecule has 2 fully saturated rings. The molecule has 0 radical (unpaired) electrons. The Balaban J connectivity index is 1.26. The number of likely N-dealkylation sites (tertiary alicyclic amines) is 1. The summed E-state index contributed by atoms with van der Waals surface area (Å²) in [7, 11) is -8.79. The van der Waals surface area contributed by atoms with Crippen molar-refractivity contribution in [2.75, 3.05) is 32.8 Å². The number of benzene rings is 3. The first-order valence-corrected chi connectivity index (χ1v) is 18.6. The molecule has 3 aliphatic rings. The predicted octanol–water partition coefficient (Wildman–Crippen LogP) is 4.48. The van der Waals surface area contributed by atoms with Crippen LogP contribution in [0.4, 0.5) is 0 Å². The monoisotopic (exact) mass is 683 g/mol. The van der Waals surface area contributed by atoms with Crippen LogP contribution in [0.3, 0.4) is 0 Å². The second-order valence-electron chi connectivity index (χ2n) is 11.9. The van der Waals surface area contributed by atoms with E-state index in [2.05, 4.69) is 10.2 Å². The van der Waals surface area contributed by atoms with Gasteiger partial charge in [0.1, 0.15) is 21.3 Å². The summed E-state index contributed by atoms with van der Waals surface area (Å²) in [5.74, 6) is -1.01. The van der Waals surface area contributed by atoms with E-state index in [1.165, 1.54) is 52.8 Å². The standard InChI is InChI=1S/C33H37N3O9S2/c1-3-18-43-27-11-10-26-30(33(38)34-32(26)37)31(27)44-24-19-22(2)20-25(21-24)45-47(41,42)29-9-5-4-8-28(29)46(39,40)36-16-12-23(13-17-36)35-14-6-7-15-35/h4-5,8-11,19-21,23H,3,6-7,12-18H2,1-2H3,(H,34,37,38). The zero-order chi connectivity index (χ0) is 33.3. The van der Waals surface area contributed by atoms with Crippen molar-refractivity contribution in [1.29, 1.82) is 0 Å². The van der Waals surface area contributed by atoms with Crippen molar-refractivity contribution in [2.24, 2.45) is 0 Å². The summed E-state index contributed by atoms with van der Waals surface area (Å²) in [4.78, 5) is 26.6. The molecule has 3 heterocycles. The summed E-state index contributed by atoms with van der Waals surface area (Å²) in [5.41, 5.74) is 0.682. The van der Waals surface area contributed by atoms with Gasteiger partial charge in [-0.15, -0.1) is 0 Å². The van der Waals surface area contributed by atoms with Crippen molar-refractivity contribution in [2.45, 2.75) is 61.8 Å². The molecule has 0 aromatic heterocycles. The average molecular weight is 684 g/mol. The van der Waals surface area contributed by atoms with Crippen LogP contribution in [0.15, 0.2) is 64.4 Å². The number of nitrogens with zero attached hydrogens (tertiary/aromatic N) is 2. The maximum absolute atomic E-state index is 13.8. The zero-order valence-electron chi connectivity index (χ0n) is 26.2. The Labute approximate surface area is 274 Å². The molecular weight excluding hydrogens is 647 g/mol. The molecule has 47 heavy (non-hydrogen) atoms. The molecule has 3 aliphatic heterocycles. The van der Waals surface area contributed by atoms with Gasteiger partial charge in [-0.2, -0.15) is 12.7 Å². The fourth-order valence-electron chi connectivity index (χ4n) is 6.31. The number of hydrogen-bond donors (Lipinski definition) is 1. The van der Waals surface area contributed by atoms with Crippen LogP contribution >= 0.6 is 0 Å². The van der Waals surface area contributed by atoms with Gasteiger partial charge in [-0.3, -0.25) is 14.9 Å². The third-order valence-corrected chi connectivity index (χ3v) is 11.9. The molecule has 0 atom stereocenters. The summed E-state index contributed by atoms with van der Waals surface area (Å²) in [6, 6.07) is 13.1. The highest BCUT2D eigenvalue weighted by molar-refractivity contribution is 7.91. The van der Waals surface area contributed by atoms with Crippen LogP contribution < -0.4 is 19.0 Å². The summed E-state index contributed by atoms with van der Waals surface area (Å²) in [5, 5.41) is 2.25. The lowest BCUT2D eigenvalue weighted by molar-refractivity contribution is 0.0878. The topological polar surface area (TPSA) is 149 Å². The van der Waals surface area contributed by atoms with Gasteiger partial charge in [0.15, 0.2) is 11.5 Å². The molecule has 0 unspecified atom stereocenters. The van der Waals surface area contributed by atoms with Crippen molar-refractivity contribution in [3.63, 3.8) is 0 Å². The predicted molar refractivity (Wildman–Crippen MR) is 172 cm³/mol. The van der Waals surface area contributed by atoms with Crippen molar-refractivity contribution < 1.29 is 40.1 Å². The number of nitrogens with one attached hydrogen (secondary N) is 1. The molecular formula is C33H37N3O9S2. The number of imide groups is 1. The molecule has 3 aromatic rings. The van der Waals surface area contributed by atoms with E-state index >= 15 is 0 Å². The summed E-state index contributed by atoms with van der Waals surface area (Å²) in [6.07, 6.45) is 4.35. The minimum Gasteiger partial charge on any atom is -0.490 e. The molecule has 0 saturated carbocycles. The van der Waals surface area contributed by atoms with Crippen molar-refractivity contribution in [3.8, 4) is 23.0 Å². The third kappa shape index (κ3) is 6.73. The highest BCUT2D eigenvalue weighted by atomic mass is 32.2. The number of sulfonamides is 1. The highest BCUT2D eigenvalue weighted by Crippen LogP contribution is 2.40. The Bertz CT molecular complexity index is 1920. The molecule has 0 spiro atoms. The second-order valence-corrected chi connectivity index (χ2v) is 15.3. The van der Waals surface area contributed by atoms with E-state index in [1.807, 2.05) is 6.92 Å². The number of aryl methyl sites for hydroxylation is 1.